The Morgan fingerprint density at radius 1 is 1.50 bits per heavy atom. The Morgan fingerprint density at radius 3 is 2.44 bits per heavy atom. The summed E-state index contributed by atoms with van der Waals surface area (Å²) in [5.74, 6) is -0.109. The van der Waals surface area contributed by atoms with Gasteiger partial charge in [-0.25, -0.2) is 9.69 Å². The van der Waals surface area contributed by atoms with E-state index in [1.807, 2.05) is 6.92 Å². The number of likely N-dealkylation sites (tertiary alicyclic amines) is 1. The van der Waals surface area contributed by atoms with Gasteiger partial charge in [-0.3, -0.25) is 4.79 Å². The van der Waals surface area contributed by atoms with Crippen molar-refractivity contribution in [2.75, 3.05) is 6.54 Å². The number of hydrogen-bond acceptors (Lipinski definition) is 3. The summed E-state index contributed by atoms with van der Waals surface area (Å²) in [5, 5.41) is 0. The molecule has 2 amide bonds. The molecule has 0 aromatic rings. The van der Waals surface area contributed by atoms with Crippen LogP contribution >= 0.6 is 0 Å². The molecule has 0 spiro atoms. The zero-order valence-electron chi connectivity index (χ0n) is 10.4. The first-order valence-electron chi connectivity index (χ1n) is 5.39. The fraction of sp³-hybridized carbons (Fsp3) is 0.667. The molecule has 16 heavy (non-hydrogen) atoms. The van der Waals surface area contributed by atoms with Gasteiger partial charge in [-0.05, 0) is 27.7 Å². The van der Waals surface area contributed by atoms with Crippen LogP contribution in [0.4, 0.5) is 4.79 Å². The summed E-state index contributed by atoms with van der Waals surface area (Å²) in [7, 11) is 0. The molecule has 1 atom stereocenters. The highest BCUT2D eigenvalue weighted by Gasteiger charge is 2.36. The van der Waals surface area contributed by atoms with E-state index in [1.54, 1.807) is 20.8 Å². The second kappa shape index (κ2) is 4.28. The summed E-state index contributed by atoms with van der Waals surface area (Å²) >= 11 is 0. The number of carbonyl (C=O) groups excluding carboxylic acids is 2. The number of carbonyl (C=O) groups is 2. The quantitative estimate of drug-likeness (QED) is 0.643. The number of imide groups is 1. The SMILES string of the molecule is C=C(C)[C@@H]1CC(=O)N(C(=O)OC(C)(C)C)C1. The van der Waals surface area contributed by atoms with Gasteiger partial charge in [0.05, 0.1) is 0 Å². The van der Waals surface area contributed by atoms with Crippen molar-refractivity contribution in [3.63, 3.8) is 0 Å². The Labute approximate surface area is 96.3 Å². The number of ether oxygens (including phenoxy) is 1. The molecule has 0 aliphatic carbocycles. The zero-order chi connectivity index (χ0) is 12.5. The Bertz CT molecular complexity index is 328. The van der Waals surface area contributed by atoms with Crippen LogP contribution in [0.25, 0.3) is 0 Å². The number of hydrogen-bond donors (Lipinski definition) is 0. The van der Waals surface area contributed by atoms with E-state index in [0.29, 0.717) is 13.0 Å². The molecule has 1 fully saturated rings. The van der Waals surface area contributed by atoms with Crippen molar-refractivity contribution in [2.24, 2.45) is 5.92 Å². The number of amides is 2. The monoisotopic (exact) mass is 225 g/mol. The van der Waals surface area contributed by atoms with Crippen molar-refractivity contribution >= 4 is 12.0 Å². The van der Waals surface area contributed by atoms with Gasteiger partial charge in [-0.2, -0.15) is 0 Å². The van der Waals surface area contributed by atoms with E-state index in [9.17, 15) is 9.59 Å². The summed E-state index contributed by atoms with van der Waals surface area (Å²) in [4.78, 5) is 24.5. The lowest BCUT2D eigenvalue weighted by Gasteiger charge is -2.23. The summed E-state index contributed by atoms with van der Waals surface area (Å²) in [5.41, 5.74) is 0.359. The van der Waals surface area contributed by atoms with E-state index in [-0.39, 0.29) is 11.8 Å². The molecule has 0 aromatic carbocycles. The van der Waals surface area contributed by atoms with Crippen molar-refractivity contribution in [1.29, 1.82) is 0 Å². The minimum Gasteiger partial charge on any atom is -0.443 e. The van der Waals surface area contributed by atoms with Gasteiger partial charge in [0.1, 0.15) is 5.60 Å². The van der Waals surface area contributed by atoms with E-state index < -0.39 is 11.7 Å². The molecule has 0 saturated carbocycles. The predicted octanol–water partition coefficient (Wildman–Crippen LogP) is 2.35. The van der Waals surface area contributed by atoms with E-state index in [2.05, 4.69) is 6.58 Å². The number of nitrogens with zero attached hydrogens (tertiary/aromatic N) is 1. The standard InChI is InChI=1S/C12H19NO3/c1-8(2)9-6-10(14)13(7-9)11(15)16-12(3,4)5/h9H,1,6-7H2,2-5H3/t9-/m1/s1. The first kappa shape index (κ1) is 12.7. The molecule has 1 rings (SSSR count). The molecule has 1 aliphatic heterocycles. The molecule has 1 saturated heterocycles. The molecule has 1 aliphatic rings. The molecule has 1 heterocycles. The van der Waals surface area contributed by atoms with Crippen LogP contribution in [0.3, 0.4) is 0 Å². The fourth-order valence-corrected chi connectivity index (χ4v) is 1.53. The van der Waals surface area contributed by atoms with Gasteiger partial charge in [0.2, 0.25) is 5.91 Å². The molecule has 4 heteroatoms. The van der Waals surface area contributed by atoms with Crippen LogP contribution in [0.15, 0.2) is 12.2 Å². The maximum absolute atomic E-state index is 11.7. The lowest BCUT2D eigenvalue weighted by Crippen LogP contribution is -2.37. The van der Waals surface area contributed by atoms with Crippen LogP contribution in [0.1, 0.15) is 34.1 Å². The third-order valence-electron chi connectivity index (χ3n) is 2.44. The first-order chi connectivity index (χ1) is 7.20. The molecule has 4 nitrogen and oxygen atoms in total. The zero-order valence-corrected chi connectivity index (χ0v) is 10.4. The highest BCUT2D eigenvalue weighted by molar-refractivity contribution is 5.94. The van der Waals surface area contributed by atoms with Crippen LogP contribution in [-0.2, 0) is 9.53 Å². The highest BCUT2D eigenvalue weighted by Crippen LogP contribution is 2.25. The van der Waals surface area contributed by atoms with Crippen LogP contribution in [-0.4, -0.2) is 29.0 Å². The predicted molar refractivity (Wildman–Crippen MR) is 60.9 cm³/mol. The fourth-order valence-electron chi connectivity index (χ4n) is 1.53. The summed E-state index contributed by atoms with van der Waals surface area (Å²) in [6.07, 6.45) is -0.199. The summed E-state index contributed by atoms with van der Waals surface area (Å²) in [6.45, 7) is 11.4. The van der Waals surface area contributed by atoms with Crippen LogP contribution in [0.5, 0.6) is 0 Å². The lowest BCUT2D eigenvalue weighted by atomic mass is 10.0. The Kier molecular flexibility index (Phi) is 3.41. The summed E-state index contributed by atoms with van der Waals surface area (Å²) in [6, 6.07) is 0. The van der Waals surface area contributed by atoms with Gasteiger partial charge < -0.3 is 4.74 Å². The smallest absolute Gasteiger partial charge is 0.417 e. The topological polar surface area (TPSA) is 46.6 Å². The van der Waals surface area contributed by atoms with Crippen molar-refractivity contribution in [2.45, 2.75) is 39.7 Å². The Hall–Kier alpha value is -1.32. The molecular formula is C12H19NO3. The molecule has 0 aromatic heterocycles. The molecule has 90 valence electrons. The lowest BCUT2D eigenvalue weighted by molar-refractivity contribution is -0.127. The van der Waals surface area contributed by atoms with E-state index in [4.69, 9.17) is 4.74 Å². The van der Waals surface area contributed by atoms with Crippen LogP contribution in [0, 0.1) is 5.92 Å². The van der Waals surface area contributed by atoms with E-state index in [1.165, 1.54) is 4.90 Å². The van der Waals surface area contributed by atoms with Gasteiger partial charge >= 0.3 is 6.09 Å². The maximum atomic E-state index is 11.7. The van der Waals surface area contributed by atoms with E-state index in [0.717, 1.165) is 5.57 Å². The molecule has 0 unspecified atom stereocenters. The molecule has 0 bridgehead atoms. The van der Waals surface area contributed by atoms with Gasteiger partial charge in [0, 0.05) is 18.9 Å². The highest BCUT2D eigenvalue weighted by atomic mass is 16.6. The van der Waals surface area contributed by atoms with Crippen LogP contribution in [0.2, 0.25) is 0 Å². The van der Waals surface area contributed by atoms with Gasteiger partial charge in [-0.1, -0.05) is 12.2 Å². The molecular weight excluding hydrogens is 206 g/mol. The van der Waals surface area contributed by atoms with Gasteiger partial charge in [0.15, 0.2) is 0 Å². The number of rotatable bonds is 1. The van der Waals surface area contributed by atoms with Gasteiger partial charge in [-0.15, -0.1) is 0 Å². The van der Waals surface area contributed by atoms with Crippen molar-refractivity contribution < 1.29 is 14.3 Å². The second-order valence-corrected chi connectivity index (χ2v) is 5.23. The average Bonchev–Trinajstić information content (AvgIpc) is 2.44. The largest absolute Gasteiger partial charge is 0.443 e. The van der Waals surface area contributed by atoms with Crippen molar-refractivity contribution in [1.82, 2.24) is 4.90 Å². The first-order valence-corrected chi connectivity index (χ1v) is 5.39. The normalized spacial score (nSPS) is 21.1. The minimum atomic E-state index is -0.571. The second-order valence-electron chi connectivity index (χ2n) is 5.23. The third-order valence-corrected chi connectivity index (χ3v) is 2.44. The van der Waals surface area contributed by atoms with E-state index >= 15 is 0 Å². The molecule has 0 radical (unpaired) electrons. The minimum absolute atomic E-state index is 0.0695. The maximum Gasteiger partial charge on any atom is 0.417 e. The Balaban J connectivity index is 2.65. The van der Waals surface area contributed by atoms with Crippen molar-refractivity contribution in [3.8, 4) is 0 Å². The van der Waals surface area contributed by atoms with Crippen LogP contribution < -0.4 is 0 Å². The Morgan fingerprint density at radius 2 is 2.06 bits per heavy atom. The third kappa shape index (κ3) is 3.08. The summed E-state index contributed by atoms with van der Waals surface area (Å²) < 4.78 is 5.16. The van der Waals surface area contributed by atoms with Crippen molar-refractivity contribution in [3.05, 3.63) is 12.2 Å². The molecule has 0 N–H and O–H groups in total. The van der Waals surface area contributed by atoms with Gasteiger partial charge in [0.25, 0.3) is 0 Å². The average molecular weight is 225 g/mol.